The van der Waals surface area contributed by atoms with E-state index in [1.54, 1.807) is 34.0 Å². The summed E-state index contributed by atoms with van der Waals surface area (Å²) in [5, 5.41) is 6.52. The number of aryl methyl sites for hydroxylation is 2. The minimum absolute atomic E-state index is 0.855. The summed E-state index contributed by atoms with van der Waals surface area (Å²) in [6, 6.07) is 4.29. The number of hydrogen-bond donors (Lipinski definition) is 0. The molecule has 0 aliphatic heterocycles. The molecule has 0 radical (unpaired) electrons. The van der Waals surface area contributed by atoms with Crippen LogP contribution in [0.25, 0.3) is 10.6 Å². The molecule has 3 heterocycles. The van der Waals surface area contributed by atoms with Gasteiger partial charge in [-0.2, -0.15) is 0 Å². The fourth-order valence-electron chi connectivity index (χ4n) is 1.69. The lowest BCUT2D eigenvalue weighted by atomic mass is 10.3. The maximum Gasteiger partial charge on any atom is 0.100 e. The van der Waals surface area contributed by atoms with Gasteiger partial charge >= 0.3 is 0 Å². The lowest BCUT2D eigenvalue weighted by Crippen LogP contribution is -1.86. The zero-order chi connectivity index (χ0) is 12.5. The molecule has 0 aromatic carbocycles. The average molecular weight is 292 g/mol. The predicted octanol–water partition coefficient (Wildman–Crippen LogP) is 4.54. The van der Waals surface area contributed by atoms with Crippen LogP contribution >= 0.6 is 34.0 Å². The van der Waals surface area contributed by atoms with Gasteiger partial charge in [0.25, 0.3) is 0 Å². The number of thiophene rings is 1. The molecule has 0 aliphatic carbocycles. The van der Waals surface area contributed by atoms with Crippen LogP contribution in [0.5, 0.6) is 0 Å². The lowest BCUT2D eigenvalue weighted by molar-refractivity contribution is 1.08. The van der Waals surface area contributed by atoms with Gasteiger partial charge in [-0.3, -0.25) is 0 Å². The molecule has 0 atom stereocenters. The summed E-state index contributed by atoms with van der Waals surface area (Å²) < 4.78 is 0. The summed E-state index contributed by atoms with van der Waals surface area (Å²) in [5.74, 6) is 0. The van der Waals surface area contributed by atoms with Crippen LogP contribution in [0.2, 0.25) is 0 Å². The third kappa shape index (κ3) is 2.53. The first-order valence-electron chi connectivity index (χ1n) is 5.63. The van der Waals surface area contributed by atoms with Gasteiger partial charge in [-0.25, -0.2) is 9.97 Å². The summed E-state index contributed by atoms with van der Waals surface area (Å²) in [6.45, 7) is 4.15. The molecule has 0 aliphatic rings. The highest BCUT2D eigenvalue weighted by atomic mass is 32.1. The van der Waals surface area contributed by atoms with E-state index < -0.39 is 0 Å². The molecule has 2 nitrogen and oxygen atoms in total. The van der Waals surface area contributed by atoms with Crippen LogP contribution in [-0.4, -0.2) is 9.97 Å². The summed E-state index contributed by atoms with van der Waals surface area (Å²) >= 11 is 5.23. The summed E-state index contributed by atoms with van der Waals surface area (Å²) in [6.07, 6.45) is 0.855. The topological polar surface area (TPSA) is 25.8 Å². The van der Waals surface area contributed by atoms with Crippen LogP contribution in [0.15, 0.2) is 22.9 Å². The van der Waals surface area contributed by atoms with Crippen molar-refractivity contribution in [2.45, 2.75) is 20.3 Å². The maximum absolute atomic E-state index is 4.69. The fourth-order valence-corrected chi connectivity index (χ4v) is 4.26. The maximum atomic E-state index is 4.69. The molecule has 0 amide bonds. The highest BCUT2D eigenvalue weighted by molar-refractivity contribution is 7.16. The van der Waals surface area contributed by atoms with Crippen molar-refractivity contribution in [2.24, 2.45) is 0 Å². The molecule has 0 unspecified atom stereocenters. The highest BCUT2D eigenvalue weighted by Gasteiger charge is 2.08. The zero-order valence-electron chi connectivity index (χ0n) is 10.1. The Hall–Kier alpha value is -1.04. The van der Waals surface area contributed by atoms with Gasteiger partial charge in [-0.15, -0.1) is 34.0 Å². The number of rotatable bonds is 3. The molecule has 3 aromatic heterocycles. The van der Waals surface area contributed by atoms with Crippen molar-refractivity contribution in [3.05, 3.63) is 43.5 Å². The first-order valence-corrected chi connectivity index (χ1v) is 8.20. The van der Waals surface area contributed by atoms with Gasteiger partial charge in [0, 0.05) is 21.3 Å². The summed E-state index contributed by atoms with van der Waals surface area (Å²) in [5.41, 5.74) is 2.20. The Labute approximate surface area is 118 Å². The molecular weight excluding hydrogens is 280 g/mol. The van der Waals surface area contributed by atoms with Crippen LogP contribution in [-0.2, 0) is 6.42 Å². The van der Waals surface area contributed by atoms with Crippen molar-refractivity contribution in [2.75, 3.05) is 0 Å². The minimum atomic E-state index is 0.855. The lowest BCUT2D eigenvalue weighted by Gasteiger charge is -1.91. The van der Waals surface area contributed by atoms with Crippen molar-refractivity contribution in [3.8, 4) is 10.6 Å². The Morgan fingerprint density at radius 3 is 2.44 bits per heavy atom. The second-order valence-electron chi connectivity index (χ2n) is 4.10. The van der Waals surface area contributed by atoms with E-state index in [-0.39, 0.29) is 0 Å². The van der Waals surface area contributed by atoms with E-state index in [2.05, 4.69) is 34.8 Å². The summed E-state index contributed by atoms with van der Waals surface area (Å²) in [4.78, 5) is 11.8. The van der Waals surface area contributed by atoms with E-state index in [9.17, 15) is 0 Å². The molecule has 0 spiro atoms. The van der Waals surface area contributed by atoms with E-state index >= 15 is 0 Å². The van der Waals surface area contributed by atoms with Crippen LogP contribution in [0.1, 0.15) is 20.6 Å². The van der Waals surface area contributed by atoms with Crippen LogP contribution in [0.4, 0.5) is 0 Å². The number of aromatic nitrogens is 2. The Kier molecular flexibility index (Phi) is 3.28. The fraction of sp³-hybridized carbons (Fsp3) is 0.231. The monoisotopic (exact) mass is 292 g/mol. The van der Waals surface area contributed by atoms with Gasteiger partial charge in [0.05, 0.1) is 22.0 Å². The van der Waals surface area contributed by atoms with E-state index in [4.69, 9.17) is 4.98 Å². The molecule has 0 saturated carbocycles. The second kappa shape index (κ2) is 4.91. The van der Waals surface area contributed by atoms with Gasteiger partial charge in [-0.1, -0.05) is 0 Å². The molecule has 0 N–H and O–H groups in total. The third-order valence-electron chi connectivity index (χ3n) is 2.51. The molecule has 0 bridgehead atoms. The SMILES string of the molecule is Cc1csc(Cc2nc(-c3ccc(C)s3)cs2)n1. The number of hydrogen-bond acceptors (Lipinski definition) is 5. The Balaban J connectivity index is 1.81. The van der Waals surface area contributed by atoms with Gasteiger partial charge in [-0.05, 0) is 26.0 Å². The molecule has 18 heavy (non-hydrogen) atoms. The van der Waals surface area contributed by atoms with E-state index in [1.165, 1.54) is 9.75 Å². The molecule has 3 aromatic rings. The average Bonchev–Trinajstić information content (AvgIpc) is 3.01. The van der Waals surface area contributed by atoms with E-state index in [1.807, 2.05) is 6.92 Å². The predicted molar refractivity (Wildman–Crippen MR) is 79.8 cm³/mol. The largest absolute Gasteiger partial charge is 0.246 e. The zero-order valence-corrected chi connectivity index (χ0v) is 12.6. The van der Waals surface area contributed by atoms with Gasteiger partial charge in [0.2, 0.25) is 0 Å². The molecule has 3 rings (SSSR count). The Morgan fingerprint density at radius 2 is 1.78 bits per heavy atom. The van der Waals surface area contributed by atoms with Crippen molar-refractivity contribution in [3.63, 3.8) is 0 Å². The molecular formula is C13H12N2S3. The molecule has 0 fully saturated rings. The highest BCUT2D eigenvalue weighted by Crippen LogP contribution is 2.29. The molecule has 92 valence electrons. The Morgan fingerprint density at radius 1 is 1.00 bits per heavy atom. The number of thiazole rings is 2. The first-order chi connectivity index (χ1) is 8.70. The van der Waals surface area contributed by atoms with E-state index in [0.29, 0.717) is 0 Å². The van der Waals surface area contributed by atoms with Crippen molar-refractivity contribution < 1.29 is 0 Å². The van der Waals surface area contributed by atoms with Crippen molar-refractivity contribution >= 4 is 34.0 Å². The quantitative estimate of drug-likeness (QED) is 0.708. The van der Waals surface area contributed by atoms with Crippen LogP contribution in [0, 0.1) is 13.8 Å². The number of nitrogens with zero attached hydrogens (tertiary/aromatic N) is 2. The van der Waals surface area contributed by atoms with Crippen molar-refractivity contribution in [1.29, 1.82) is 0 Å². The van der Waals surface area contributed by atoms with Crippen LogP contribution < -0.4 is 0 Å². The van der Waals surface area contributed by atoms with E-state index in [0.717, 1.165) is 27.8 Å². The normalized spacial score (nSPS) is 11.0. The van der Waals surface area contributed by atoms with Gasteiger partial charge in [0.1, 0.15) is 5.01 Å². The smallest absolute Gasteiger partial charge is 0.100 e. The van der Waals surface area contributed by atoms with Gasteiger partial charge in [0.15, 0.2) is 0 Å². The summed E-state index contributed by atoms with van der Waals surface area (Å²) in [7, 11) is 0. The van der Waals surface area contributed by atoms with Gasteiger partial charge < -0.3 is 0 Å². The Bertz CT molecular complexity index is 663. The molecule has 5 heteroatoms. The third-order valence-corrected chi connectivity index (χ3v) is 5.35. The second-order valence-corrected chi connectivity index (χ2v) is 7.27. The molecule has 0 saturated heterocycles. The van der Waals surface area contributed by atoms with Crippen molar-refractivity contribution in [1.82, 2.24) is 9.97 Å². The first kappa shape index (κ1) is 12.0. The van der Waals surface area contributed by atoms with Crippen LogP contribution in [0.3, 0.4) is 0 Å². The minimum Gasteiger partial charge on any atom is -0.246 e. The standard InChI is InChI=1S/C13H12N2S3/c1-8-6-16-12(14-8)5-13-15-10(7-17-13)11-4-3-9(2)18-11/h3-4,6-7H,5H2,1-2H3.